The molecule has 1 aliphatic rings. The van der Waals surface area contributed by atoms with Crippen LogP contribution in [0.15, 0.2) is 23.4 Å². The van der Waals surface area contributed by atoms with Crippen molar-refractivity contribution in [2.45, 2.75) is 13.0 Å². The zero-order valence-corrected chi connectivity index (χ0v) is 12.3. The number of nitrogens with two attached hydrogens (primary N) is 1. The molecule has 1 heterocycles. The van der Waals surface area contributed by atoms with Crippen LogP contribution in [0.25, 0.3) is 0 Å². The van der Waals surface area contributed by atoms with Gasteiger partial charge >= 0.3 is 0 Å². The van der Waals surface area contributed by atoms with Gasteiger partial charge in [0, 0.05) is 18.7 Å². The molecule has 1 saturated heterocycles. The van der Waals surface area contributed by atoms with Gasteiger partial charge in [0.25, 0.3) is 0 Å². The maximum Gasteiger partial charge on any atom is 0.173 e. The summed E-state index contributed by atoms with van der Waals surface area (Å²) in [6, 6.07) is 4.67. The van der Waals surface area contributed by atoms with E-state index in [1.54, 1.807) is 12.1 Å². The quantitative estimate of drug-likeness (QED) is 0.367. The summed E-state index contributed by atoms with van der Waals surface area (Å²) in [6.07, 6.45) is 0.546. The van der Waals surface area contributed by atoms with Gasteiger partial charge in [-0.2, -0.15) is 0 Å². The Kier molecular flexibility index (Phi) is 4.79. The van der Waals surface area contributed by atoms with Gasteiger partial charge in [-0.05, 0) is 19.0 Å². The zero-order chi connectivity index (χ0) is 15.5. The Morgan fingerprint density at radius 3 is 2.86 bits per heavy atom. The number of hydrogen-bond acceptors (Lipinski definition) is 5. The van der Waals surface area contributed by atoms with Crippen molar-refractivity contribution in [3.05, 3.63) is 35.1 Å². The molecule has 0 unspecified atom stereocenters. The molecule has 3 N–H and O–H groups in total. The number of halogens is 1. The molecule has 1 aliphatic heterocycles. The van der Waals surface area contributed by atoms with Crippen molar-refractivity contribution in [2.75, 3.05) is 24.6 Å². The van der Waals surface area contributed by atoms with E-state index >= 15 is 0 Å². The van der Waals surface area contributed by atoms with Crippen LogP contribution in [0.1, 0.15) is 17.5 Å². The van der Waals surface area contributed by atoms with Gasteiger partial charge in [0.15, 0.2) is 15.7 Å². The minimum absolute atomic E-state index is 0.0393. The second-order valence-corrected chi connectivity index (χ2v) is 7.35. The fourth-order valence-corrected chi connectivity index (χ4v) is 3.65. The molecule has 21 heavy (non-hydrogen) atoms. The van der Waals surface area contributed by atoms with E-state index < -0.39 is 15.7 Å². The van der Waals surface area contributed by atoms with Crippen LogP contribution < -0.4 is 5.73 Å². The fourth-order valence-electron chi connectivity index (χ4n) is 2.34. The molecule has 0 aromatic heterocycles. The molecule has 0 saturated carbocycles. The predicted molar refractivity (Wildman–Crippen MR) is 77.5 cm³/mol. The fraction of sp³-hybridized carbons (Fsp3) is 0.462. The Morgan fingerprint density at radius 1 is 1.38 bits per heavy atom. The number of amidine groups is 1. The normalized spacial score (nSPS) is 20.1. The summed E-state index contributed by atoms with van der Waals surface area (Å²) in [5.74, 6) is -0.558. The van der Waals surface area contributed by atoms with Crippen LogP contribution in [-0.4, -0.2) is 49.0 Å². The smallest absolute Gasteiger partial charge is 0.173 e. The third-order valence-electron chi connectivity index (χ3n) is 3.50. The number of rotatable bonds is 3. The lowest BCUT2D eigenvalue weighted by atomic mass is 10.1. The first-order valence-electron chi connectivity index (χ1n) is 6.61. The molecule has 0 spiro atoms. The van der Waals surface area contributed by atoms with E-state index in [0.29, 0.717) is 31.6 Å². The first-order chi connectivity index (χ1) is 9.93. The van der Waals surface area contributed by atoms with E-state index in [-0.39, 0.29) is 22.9 Å². The van der Waals surface area contributed by atoms with Crippen molar-refractivity contribution in [3.63, 3.8) is 0 Å². The molecule has 116 valence electrons. The topological polar surface area (TPSA) is 96.0 Å². The van der Waals surface area contributed by atoms with Crippen LogP contribution in [-0.2, 0) is 16.4 Å². The Morgan fingerprint density at radius 2 is 2.14 bits per heavy atom. The highest BCUT2D eigenvalue weighted by Gasteiger charge is 2.20. The maximum absolute atomic E-state index is 14.3. The van der Waals surface area contributed by atoms with Gasteiger partial charge in [0.1, 0.15) is 5.82 Å². The van der Waals surface area contributed by atoms with E-state index in [2.05, 4.69) is 5.16 Å². The van der Waals surface area contributed by atoms with E-state index in [4.69, 9.17) is 10.9 Å². The Hall–Kier alpha value is -1.67. The summed E-state index contributed by atoms with van der Waals surface area (Å²) in [7, 11) is -2.99. The van der Waals surface area contributed by atoms with E-state index in [0.717, 1.165) is 0 Å². The van der Waals surface area contributed by atoms with Gasteiger partial charge in [0.2, 0.25) is 0 Å². The lowest BCUT2D eigenvalue weighted by Gasteiger charge is -2.20. The SMILES string of the molecule is N/C(=N/O)c1cccc(CN2CCCS(=O)(=O)CC2)c1F. The van der Waals surface area contributed by atoms with Crippen molar-refractivity contribution in [1.82, 2.24) is 4.90 Å². The molecule has 2 rings (SSSR count). The summed E-state index contributed by atoms with van der Waals surface area (Å²) in [5, 5.41) is 11.4. The van der Waals surface area contributed by atoms with E-state index in [9.17, 15) is 12.8 Å². The first-order valence-corrected chi connectivity index (χ1v) is 8.43. The van der Waals surface area contributed by atoms with Gasteiger partial charge in [0.05, 0.1) is 17.1 Å². The molecule has 0 amide bonds. The Balaban J connectivity index is 2.17. The standard InChI is InChI=1S/C13H18FN3O3S/c14-12-10(3-1-4-11(12)13(15)16-18)9-17-5-2-7-21(19,20)8-6-17/h1,3-4,18H,2,5-9H2,(H2,15,16). The summed E-state index contributed by atoms with van der Waals surface area (Å²) in [4.78, 5) is 1.90. The van der Waals surface area contributed by atoms with Crippen LogP contribution in [0.2, 0.25) is 0 Å². The second-order valence-electron chi connectivity index (χ2n) is 5.05. The third-order valence-corrected chi connectivity index (χ3v) is 5.22. The maximum atomic E-state index is 14.3. The minimum Gasteiger partial charge on any atom is -0.409 e. The highest BCUT2D eigenvalue weighted by Crippen LogP contribution is 2.16. The molecule has 1 fully saturated rings. The monoisotopic (exact) mass is 315 g/mol. The number of hydrogen-bond donors (Lipinski definition) is 2. The van der Waals surface area contributed by atoms with Gasteiger partial charge in [-0.15, -0.1) is 0 Å². The molecular weight excluding hydrogens is 297 g/mol. The molecule has 0 atom stereocenters. The largest absolute Gasteiger partial charge is 0.409 e. The molecular formula is C13H18FN3O3S. The van der Waals surface area contributed by atoms with Crippen molar-refractivity contribution in [1.29, 1.82) is 0 Å². The molecule has 6 nitrogen and oxygen atoms in total. The lowest BCUT2D eigenvalue weighted by molar-refractivity contribution is 0.283. The van der Waals surface area contributed by atoms with Crippen molar-refractivity contribution in [3.8, 4) is 0 Å². The van der Waals surface area contributed by atoms with Crippen LogP contribution in [0.4, 0.5) is 4.39 Å². The van der Waals surface area contributed by atoms with Crippen molar-refractivity contribution in [2.24, 2.45) is 10.9 Å². The van der Waals surface area contributed by atoms with Gasteiger partial charge < -0.3 is 10.9 Å². The third kappa shape index (κ3) is 3.92. The molecule has 0 bridgehead atoms. The highest BCUT2D eigenvalue weighted by atomic mass is 32.2. The molecule has 0 radical (unpaired) electrons. The lowest BCUT2D eigenvalue weighted by Crippen LogP contribution is -2.27. The van der Waals surface area contributed by atoms with Crippen molar-refractivity contribution < 1.29 is 18.0 Å². The van der Waals surface area contributed by atoms with Crippen LogP contribution in [0.3, 0.4) is 0 Å². The first kappa shape index (κ1) is 15.7. The summed E-state index contributed by atoms with van der Waals surface area (Å²) < 4.78 is 37.4. The van der Waals surface area contributed by atoms with Gasteiger partial charge in [-0.25, -0.2) is 12.8 Å². The Labute approximate surface area is 123 Å². The van der Waals surface area contributed by atoms with Gasteiger partial charge in [-0.3, -0.25) is 4.90 Å². The summed E-state index contributed by atoms with van der Waals surface area (Å²) in [6.45, 7) is 1.29. The summed E-state index contributed by atoms with van der Waals surface area (Å²) >= 11 is 0. The molecule has 1 aromatic carbocycles. The number of sulfone groups is 1. The van der Waals surface area contributed by atoms with Crippen LogP contribution >= 0.6 is 0 Å². The van der Waals surface area contributed by atoms with Gasteiger partial charge in [-0.1, -0.05) is 17.3 Å². The van der Waals surface area contributed by atoms with Crippen LogP contribution in [0.5, 0.6) is 0 Å². The van der Waals surface area contributed by atoms with Crippen molar-refractivity contribution >= 4 is 15.7 Å². The zero-order valence-electron chi connectivity index (χ0n) is 11.5. The molecule has 8 heteroatoms. The Bertz CT molecular complexity index is 646. The minimum atomic E-state index is -2.99. The average Bonchev–Trinajstić information content (AvgIpc) is 2.61. The second kappa shape index (κ2) is 6.40. The van der Waals surface area contributed by atoms with E-state index in [1.807, 2.05) is 4.90 Å². The summed E-state index contributed by atoms with van der Waals surface area (Å²) in [5.41, 5.74) is 5.87. The van der Waals surface area contributed by atoms with Crippen LogP contribution in [0, 0.1) is 5.82 Å². The number of oxime groups is 1. The van der Waals surface area contributed by atoms with E-state index in [1.165, 1.54) is 6.07 Å². The molecule has 0 aliphatic carbocycles. The predicted octanol–water partition coefficient (Wildman–Crippen LogP) is 0.541. The number of nitrogens with zero attached hydrogens (tertiary/aromatic N) is 2. The average molecular weight is 315 g/mol. The number of benzene rings is 1. The highest BCUT2D eigenvalue weighted by molar-refractivity contribution is 7.91. The molecule has 1 aromatic rings.